The quantitative estimate of drug-likeness (QED) is 0.919. The third-order valence-corrected chi connectivity index (χ3v) is 4.25. The van der Waals surface area contributed by atoms with E-state index in [4.69, 9.17) is 9.52 Å². The summed E-state index contributed by atoms with van der Waals surface area (Å²) >= 11 is 0. The van der Waals surface area contributed by atoms with Crippen LogP contribution in [0.15, 0.2) is 10.6 Å². The molecule has 0 aromatic carbocycles. The summed E-state index contributed by atoms with van der Waals surface area (Å²) in [6, 6.07) is -0.514. The van der Waals surface area contributed by atoms with Gasteiger partial charge in [0.2, 0.25) is 5.89 Å². The van der Waals surface area contributed by atoms with Crippen LogP contribution in [-0.2, 0) is 10.2 Å². The van der Waals surface area contributed by atoms with Crippen LogP contribution in [0.3, 0.4) is 0 Å². The van der Waals surface area contributed by atoms with E-state index >= 15 is 0 Å². The number of aliphatic carboxylic acids is 1. The summed E-state index contributed by atoms with van der Waals surface area (Å²) in [5.41, 5.74) is -0.256. The second kappa shape index (κ2) is 5.81. The molecule has 1 N–H and O–H groups in total. The van der Waals surface area contributed by atoms with Gasteiger partial charge in [0.15, 0.2) is 0 Å². The number of hydrogen-bond acceptors (Lipinski definition) is 4. The molecular formula is C15H21F3N2O3. The number of carbonyl (C=O) groups is 1. The van der Waals surface area contributed by atoms with E-state index in [-0.39, 0.29) is 18.5 Å². The average molecular weight is 334 g/mol. The normalized spacial score (nSPS) is 24.8. The number of likely N-dealkylation sites (tertiary alicyclic amines) is 1. The molecule has 1 fully saturated rings. The Balaban J connectivity index is 2.19. The fourth-order valence-corrected chi connectivity index (χ4v) is 2.72. The van der Waals surface area contributed by atoms with Crippen LogP contribution < -0.4 is 0 Å². The van der Waals surface area contributed by atoms with Crippen molar-refractivity contribution in [2.24, 2.45) is 11.8 Å². The summed E-state index contributed by atoms with van der Waals surface area (Å²) < 4.78 is 44.8. The number of carboxylic acids is 1. The molecule has 8 heteroatoms. The van der Waals surface area contributed by atoms with Crippen LogP contribution in [0.5, 0.6) is 0 Å². The Morgan fingerprint density at radius 2 is 2.00 bits per heavy atom. The van der Waals surface area contributed by atoms with E-state index in [1.165, 1.54) is 4.90 Å². The Kier molecular flexibility index (Phi) is 4.49. The van der Waals surface area contributed by atoms with Gasteiger partial charge in [-0.2, -0.15) is 13.2 Å². The molecule has 130 valence electrons. The van der Waals surface area contributed by atoms with Gasteiger partial charge in [0, 0.05) is 18.5 Å². The maximum Gasteiger partial charge on any atom is 0.393 e. The molecule has 2 rings (SSSR count). The molecule has 23 heavy (non-hydrogen) atoms. The highest BCUT2D eigenvalue weighted by molar-refractivity contribution is 5.71. The van der Waals surface area contributed by atoms with Crippen LogP contribution in [0.4, 0.5) is 13.2 Å². The minimum atomic E-state index is -4.54. The molecular weight excluding hydrogens is 313 g/mol. The van der Waals surface area contributed by atoms with Crippen molar-refractivity contribution in [2.75, 3.05) is 13.1 Å². The SMILES string of the molecule is CC(c1ncc(C(C)(C)C)o1)N1C[C@@H](C(F)(F)F)[C@H](C(=O)O)C1. The Morgan fingerprint density at radius 1 is 1.39 bits per heavy atom. The lowest BCUT2D eigenvalue weighted by Crippen LogP contribution is -2.33. The molecule has 0 aliphatic carbocycles. The van der Waals surface area contributed by atoms with Crippen molar-refractivity contribution >= 4 is 5.97 Å². The topological polar surface area (TPSA) is 66.6 Å². The van der Waals surface area contributed by atoms with Gasteiger partial charge < -0.3 is 9.52 Å². The zero-order valence-electron chi connectivity index (χ0n) is 13.5. The first-order valence-corrected chi connectivity index (χ1v) is 7.41. The number of halogens is 3. The van der Waals surface area contributed by atoms with Gasteiger partial charge in [-0.1, -0.05) is 20.8 Å². The van der Waals surface area contributed by atoms with Crippen LogP contribution in [0.1, 0.15) is 45.4 Å². The van der Waals surface area contributed by atoms with Gasteiger partial charge in [0.25, 0.3) is 0 Å². The minimum Gasteiger partial charge on any atom is -0.481 e. The summed E-state index contributed by atoms with van der Waals surface area (Å²) in [5.74, 6) is -3.82. The van der Waals surface area contributed by atoms with Crippen molar-refractivity contribution in [2.45, 2.75) is 45.3 Å². The molecule has 2 heterocycles. The summed E-state index contributed by atoms with van der Waals surface area (Å²) in [6.45, 7) is 6.96. The van der Waals surface area contributed by atoms with Crippen molar-refractivity contribution in [3.63, 3.8) is 0 Å². The van der Waals surface area contributed by atoms with Crippen molar-refractivity contribution in [1.82, 2.24) is 9.88 Å². The number of aromatic nitrogens is 1. The van der Waals surface area contributed by atoms with Gasteiger partial charge in [-0.25, -0.2) is 4.98 Å². The standard InChI is InChI=1S/C15H21F3N2O3/c1-8(12-19-5-11(23-12)14(2,3)4)20-6-9(13(21)22)10(7-20)15(16,17)18/h5,8-10H,6-7H2,1-4H3,(H,21,22)/t8?,9-,10-/m1/s1. The van der Waals surface area contributed by atoms with E-state index in [2.05, 4.69) is 4.98 Å². The third-order valence-electron chi connectivity index (χ3n) is 4.25. The molecule has 0 spiro atoms. The molecule has 1 aliphatic rings. The molecule has 0 saturated carbocycles. The maximum absolute atomic E-state index is 13.0. The van der Waals surface area contributed by atoms with E-state index in [1.54, 1.807) is 13.1 Å². The van der Waals surface area contributed by atoms with Crippen LogP contribution in [0, 0.1) is 11.8 Å². The number of rotatable bonds is 3. The molecule has 1 unspecified atom stereocenters. The first kappa shape index (κ1) is 17.8. The third kappa shape index (κ3) is 3.68. The molecule has 1 aliphatic heterocycles. The van der Waals surface area contributed by atoms with E-state index in [1.807, 2.05) is 20.8 Å². The predicted molar refractivity (Wildman–Crippen MR) is 75.9 cm³/mol. The van der Waals surface area contributed by atoms with Crippen molar-refractivity contribution in [1.29, 1.82) is 0 Å². The van der Waals surface area contributed by atoms with Gasteiger partial charge in [-0.15, -0.1) is 0 Å². The number of nitrogens with zero attached hydrogens (tertiary/aromatic N) is 2. The molecule has 0 radical (unpaired) electrons. The Bertz CT molecular complexity index is 577. The molecule has 1 aromatic rings. The van der Waals surface area contributed by atoms with E-state index in [0.717, 1.165) is 0 Å². The lowest BCUT2D eigenvalue weighted by Gasteiger charge is -2.22. The summed E-state index contributed by atoms with van der Waals surface area (Å²) in [6.07, 6.45) is -2.97. The zero-order valence-corrected chi connectivity index (χ0v) is 13.5. The fraction of sp³-hybridized carbons (Fsp3) is 0.733. The summed E-state index contributed by atoms with van der Waals surface area (Å²) in [7, 11) is 0. The highest BCUT2D eigenvalue weighted by Crippen LogP contribution is 2.40. The van der Waals surface area contributed by atoms with Gasteiger partial charge in [0.1, 0.15) is 5.76 Å². The number of alkyl halides is 3. The smallest absolute Gasteiger partial charge is 0.393 e. The fourth-order valence-electron chi connectivity index (χ4n) is 2.72. The predicted octanol–water partition coefficient (Wildman–Crippen LogP) is 3.23. The molecule has 5 nitrogen and oxygen atoms in total. The first-order chi connectivity index (χ1) is 10.4. The lowest BCUT2D eigenvalue weighted by atomic mass is 9.94. The van der Waals surface area contributed by atoms with Gasteiger partial charge in [-0.05, 0) is 6.92 Å². The number of hydrogen-bond donors (Lipinski definition) is 1. The van der Waals surface area contributed by atoms with Gasteiger partial charge in [-0.3, -0.25) is 9.69 Å². The molecule has 1 saturated heterocycles. The Morgan fingerprint density at radius 3 is 2.39 bits per heavy atom. The van der Waals surface area contributed by atoms with E-state index in [9.17, 15) is 18.0 Å². The Hall–Kier alpha value is -1.57. The second-order valence-corrected chi connectivity index (χ2v) is 7.04. The number of oxazole rings is 1. The van der Waals surface area contributed by atoms with Crippen LogP contribution in [0.25, 0.3) is 0 Å². The van der Waals surface area contributed by atoms with Gasteiger partial charge in [0.05, 0.1) is 24.1 Å². The summed E-state index contributed by atoms with van der Waals surface area (Å²) in [5, 5.41) is 9.06. The minimum absolute atomic E-state index is 0.173. The van der Waals surface area contributed by atoms with Crippen LogP contribution in [-0.4, -0.2) is 40.2 Å². The summed E-state index contributed by atoms with van der Waals surface area (Å²) in [4.78, 5) is 16.7. The highest BCUT2D eigenvalue weighted by Gasteiger charge is 2.53. The monoisotopic (exact) mass is 334 g/mol. The average Bonchev–Trinajstić information content (AvgIpc) is 3.04. The second-order valence-electron chi connectivity index (χ2n) is 7.04. The highest BCUT2D eigenvalue weighted by atomic mass is 19.4. The van der Waals surface area contributed by atoms with Crippen LogP contribution in [0.2, 0.25) is 0 Å². The van der Waals surface area contributed by atoms with Crippen molar-refractivity contribution in [3.05, 3.63) is 17.8 Å². The molecule has 0 bridgehead atoms. The molecule has 1 aromatic heterocycles. The van der Waals surface area contributed by atoms with Crippen molar-refractivity contribution < 1.29 is 27.5 Å². The first-order valence-electron chi connectivity index (χ1n) is 7.41. The molecule has 0 amide bonds. The van der Waals surface area contributed by atoms with E-state index in [0.29, 0.717) is 11.7 Å². The van der Waals surface area contributed by atoms with E-state index < -0.39 is 30.0 Å². The largest absolute Gasteiger partial charge is 0.481 e. The van der Waals surface area contributed by atoms with Gasteiger partial charge >= 0.3 is 12.1 Å². The zero-order chi connectivity index (χ0) is 17.6. The lowest BCUT2D eigenvalue weighted by molar-refractivity contribution is -0.188. The van der Waals surface area contributed by atoms with Crippen LogP contribution >= 0.6 is 0 Å². The van der Waals surface area contributed by atoms with Crippen molar-refractivity contribution in [3.8, 4) is 0 Å². The molecule has 3 atom stereocenters. The Labute approximate surface area is 132 Å². The number of carboxylic acid groups (broad SMARTS) is 1. The maximum atomic E-state index is 13.0.